The first-order valence-electron chi connectivity index (χ1n) is 4.99. The lowest BCUT2D eigenvalue weighted by Gasteiger charge is -2.34. The molecule has 0 aromatic heterocycles. The van der Waals surface area contributed by atoms with Crippen LogP contribution in [0.25, 0.3) is 0 Å². The minimum Gasteiger partial charge on any atom is -0.478 e. The van der Waals surface area contributed by atoms with Gasteiger partial charge in [0, 0.05) is 0 Å². The predicted octanol–water partition coefficient (Wildman–Crippen LogP) is 3.15. The standard InChI is InChI=1S/C12H18O2/c1-8-6-5-7-12(3,4)10(8)9(2)11(13)14/h2,5-7H2,1,3-4H3,(H,13,14). The molecule has 0 amide bonds. The maximum atomic E-state index is 10.9. The zero-order chi connectivity index (χ0) is 10.9. The van der Waals surface area contributed by atoms with E-state index in [1.54, 1.807) is 0 Å². The molecule has 0 bridgehead atoms. The molecule has 0 fully saturated rings. The molecule has 1 N–H and O–H groups in total. The molecule has 1 rings (SSSR count). The summed E-state index contributed by atoms with van der Waals surface area (Å²) in [5.41, 5.74) is 2.38. The normalized spacial score (nSPS) is 20.8. The van der Waals surface area contributed by atoms with Crippen molar-refractivity contribution in [2.45, 2.75) is 40.0 Å². The van der Waals surface area contributed by atoms with Crippen LogP contribution in [0.5, 0.6) is 0 Å². The van der Waals surface area contributed by atoms with Crippen molar-refractivity contribution in [1.82, 2.24) is 0 Å². The monoisotopic (exact) mass is 194 g/mol. The molecule has 0 saturated carbocycles. The molecule has 78 valence electrons. The third-order valence-electron chi connectivity index (χ3n) is 3.02. The summed E-state index contributed by atoms with van der Waals surface area (Å²) in [6, 6.07) is 0. The average molecular weight is 194 g/mol. The number of carboxylic acids is 1. The molecule has 14 heavy (non-hydrogen) atoms. The lowest BCUT2D eigenvalue weighted by molar-refractivity contribution is -0.132. The van der Waals surface area contributed by atoms with Crippen molar-refractivity contribution in [3.8, 4) is 0 Å². The number of hydrogen-bond acceptors (Lipinski definition) is 1. The fourth-order valence-corrected chi connectivity index (χ4v) is 2.40. The van der Waals surface area contributed by atoms with Gasteiger partial charge in [0.05, 0.1) is 5.57 Å². The summed E-state index contributed by atoms with van der Waals surface area (Å²) < 4.78 is 0. The first-order valence-corrected chi connectivity index (χ1v) is 4.99. The van der Waals surface area contributed by atoms with Crippen molar-refractivity contribution in [3.05, 3.63) is 23.3 Å². The Kier molecular flexibility index (Phi) is 2.84. The van der Waals surface area contributed by atoms with E-state index in [2.05, 4.69) is 20.4 Å². The van der Waals surface area contributed by atoms with Crippen LogP contribution >= 0.6 is 0 Å². The fourth-order valence-electron chi connectivity index (χ4n) is 2.40. The van der Waals surface area contributed by atoms with Gasteiger partial charge in [0.1, 0.15) is 0 Å². The molecule has 0 atom stereocenters. The SMILES string of the molecule is C=C(C(=O)O)C1=C(C)CCCC1(C)C. The minimum absolute atomic E-state index is 0.0300. The molecule has 1 aliphatic carbocycles. The van der Waals surface area contributed by atoms with Crippen LogP contribution in [0, 0.1) is 5.41 Å². The highest BCUT2D eigenvalue weighted by atomic mass is 16.4. The van der Waals surface area contributed by atoms with E-state index in [0.717, 1.165) is 24.8 Å². The summed E-state index contributed by atoms with van der Waals surface area (Å²) in [4.78, 5) is 10.9. The van der Waals surface area contributed by atoms with Gasteiger partial charge in [-0.3, -0.25) is 0 Å². The van der Waals surface area contributed by atoms with E-state index in [0.29, 0.717) is 0 Å². The van der Waals surface area contributed by atoms with Crippen LogP contribution in [0.3, 0.4) is 0 Å². The highest BCUT2D eigenvalue weighted by Gasteiger charge is 2.31. The van der Waals surface area contributed by atoms with E-state index in [1.807, 2.05) is 6.92 Å². The fraction of sp³-hybridized carbons (Fsp3) is 0.583. The molecule has 0 radical (unpaired) electrons. The zero-order valence-corrected chi connectivity index (χ0v) is 9.18. The second kappa shape index (κ2) is 3.60. The number of carboxylic acid groups (broad SMARTS) is 1. The molecule has 2 nitrogen and oxygen atoms in total. The van der Waals surface area contributed by atoms with Gasteiger partial charge >= 0.3 is 5.97 Å². The zero-order valence-electron chi connectivity index (χ0n) is 9.18. The Morgan fingerprint density at radius 1 is 1.50 bits per heavy atom. The van der Waals surface area contributed by atoms with E-state index < -0.39 is 5.97 Å². The Balaban J connectivity index is 3.14. The third-order valence-corrected chi connectivity index (χ3v) is 3.02. The van der Waals surface area contributed by atoms with Crippen LogP contribution in [0.4, 0.5) is 0 Å². The topological polar surface area (TPSA) is 37.3 Å². The maximum absolute atomic E-state index is 10.9. The number of hydrogen-bond donors (Lipinski definition) is 1. The maximum Gasteiger partial charge on any atom is 0.335 e. The van der Waals surface area contributed by atoms with E-state index in [4.69, 9.17) is 5.11 Å². The summed E-state index contributed by atoms with van der Waals surface area (Å²) in [7, 11) is 0. The predicted molar refractivity (Wildman–Crippen MR) is 57.1 cm³/mol. The van der Waals surface area contributed by atoms with Crippen molar-refractivity contribution in [3.63, 3.8) is 0 Å². The average Bonchev–Trinajstić information content (AvgIpc) is 2.01. The van der Waals surface area contributed by atoms with E-state index in [1.165, 1.54) is 5.57 Å². The van der Waals surface area contributed by atoms with Gasteiger partial charge in [-0.1, -0.05) is 26.0 Å². The Morgan fingerprint density at radius 2 is 2.07 bits per heavy atom. The van der Waals surface area contributed by atoms with Gasteiger partial charge in [-0.15, -0.1) is 0 Å². The third kappa shape index (κ3) is 1.89. The molecule has 0 aromatic rings. The van der Waals surface area contributed by atoms with Crippen molar-refractivity contribution >= 4 is 5.97 Å². The Morgan fingerprint density at radius 3 is 2.50 bits per heavy atom. The van der Waals surface area contributed by atoms with Crippen LogP contribution in [0.15, 0.2) is 23.3 Å². The van der Waals surface area contributed by atoms with Gasteiger partial charge in [-0.2, -0.15) is 0 Å². The first kappa shape index (κ1) is 11.0. The summed E-state index contributed by atoms with van der Waals surface area (Å²) >= 11 is 0. The largest absolute Gasteiger partial charge is 0.478 e. The smallest absolute Gasteiger partial charge is 0.335 e. The van der Waals surface area contributed by atoms with Gasteiger partial charge in [-0.25, -0.2) is 4.79 Å². The lowest BCUT2D eigenvalue weighted by atomic mass is 9.70. The van der Waals surface area contributed by atoms with Gasteiger partial charge in [0.15, 0.2) is 0 Å². The van der Waals surface area contributed by atoms with Crippen LogP contribution in [-0.2, 0) is 4.79 Å². The number of aliphatic carboxylic acids is 1. The highest BCUT2D eigenvalue weighted by Crippen LogP contribution is 2.43. The summed E-state index contributed by atoms with van der Waals surface area (Å²) in [5.74, 6) is -0.894. The first-order chi connectivity index (χ1) is 6.36. The second-order valence-electron chi connectivity index (χ2n) is 4.68. The van der Waals surface area contributed by atoms with Crippen molar-refractivity contribution in [2.75, 3.05) is 0 Å². The lowest BCUT2D eigenvalue weighted by Crippen LogP contribution is -2.24. The molecule has 0 saturated heterocycles. The van der Waals surface area contributed by atoms with E-state index in [9.17, 15) is 4.79 Å². The van der Waals surface area contributed by atoms with Crippen LogP contribution in [-0.4, -0.2) is 11.1 Å². The number of rotatable bonds is 2. The van der Waals surface area contributed by atoms with Crippen LogP contribution in [0.1, 0.15) is 40.0 Å². The molecule has 0 aliphatic heterocycles. The Hall–Kier alpha value is -1.05. The van der Waals surface area contributed by atoms with Gasteiger partial charge in [-0.05, 0) is 37.2 Å². The molecule has 0 spiro atoms. The number of allylic oxidation sites excluding steroid dienone is 1. The molecule has 0 unspecified atom stereocenters. The van der Waals surface area contributed by atoms with Crippen LogP contribution < -0.4 is 0 Å². The molecular weight excluding hydrogens is 176 g/mol. The summed E-state index contributed by atoms with van der Waals surface area (Å²) in [5, 5.41) is 8.95. The molecule has 1 aliphatic rings. The minimum atomic E-state index is -0.894. The van der Waals surface area contributed by atoms with Crippen molar-refractivity contribution in [1.29, 1.82) is 0 Å². The summed E-state index contributed by atoms with van der Waals surface area (Å²) in [6.07, 6.45) is 3.20. The van der Waals surface area contributed by atoms with E-state index in [-0.39, 0.29) is 11.0 Å². The van der Waals surface area contributed by atoms with Gasteiger partial charge in [0.25, 0.3) is 0 Å². The molecule has 2 heteroatoms. The molecule has 0 heterocycles. The molecular formula is C12H18O2. The van der Waals surface area contributed by atoms with Crippen molar-refractivity contribution in [2.24, 2.45) is 5.41 Å². The van der Waals surface area contributed by atoms with E-state index >= 15 is 0 Å². The second-order valence-corrected chi connectivity index (χ2v) is 4.68. The summed E-state index contributed by atoms with van der Waals surface area (Å²) in [6.45, 7) is 9.88. The Bertz CT molecular complexity index is 308. The highest BCUT2D eigenvalue weighted by molar-refractivity contribution is 5.91. The van der Waals surface area contributed by atoms with Crippen molar-refractivity contribution < 1.29 is 9.90 Å². The molecule has 0 aromatic carbocycles. The van der Waals surface area contributed by atoms with Crippen LogP contribution in [0.2, 0.25) is 0 Å². The van der Waals surface area contributed by atoms with Gasteiger partial charge in [0.2, 0.25) is 0 Å². The van der Waals surface area contributed by atoms with Gasteiger partial charge < -0.3 is 5.11 Å². The number of carbonyl (C=O) groups is 1. The Labute approximate surface area is 85.3 Å². The quantitative estimate of drug-likeness (QED) is 0.685.